The quantitative estimate of drug-likeness (QED) is 0.754. The van der Waals surface area contributed by atoms with E-state index in [0.717, 1.165) is 11.3 Å². The molecule has 0 aliphatic carbocycles. The predicted octanol–water partition coefficient (Wildman–Crippen LogP) is 3.97. The normalized spacial score (nSPS) is 14.0. The van der Waals surface area contributed by atoms with Crippen molar-refractivity contribution in [2.24, 2.45) is 5.92 Å². The summed E-state index contributed by atoms with van der Waals surface area (Å²) < 4.78 is 5.65. The lowest BCUT2D eigenvalue weighted by Crippen LogP contribution is -2.50. The van der Waals surface area contributed by atoms with Crippen LogP contribution in [0.3, 0.4) is 0 Å². The molecule has 0 bridgehead atoms. The van der Waals surface area contributed by atoms with Crippen LogP contribution >= 0.6 is 11.6 Å². The molecule has 1 saturated heterocycles. The van der Waals surface area contributed by atoms with E-state index in [4.69, 9.17) is 16.3 Å². The Morgan fingerprint density at radius 2 is 1.80 bits per heavy atom. The number of para-hydroxylation sites is 1. The lowest BCUT2D eigenvalue weighted by Gasteiger charge is -2.37. The summed E-state index contributed by atoms with van der Waals surface area (Å²) in [4.78, 5) is 28.8. The molecule has 0 saturated carbocycles. The monoisotopic (exact) mass is 429 g/mol. The van der Waals surface area contributed by atoms with Gasteiger partial charge in [0, 0.05) is 37.1 Å². The van der Waals surface area contributed by atoms with E-state index >= 15 is 0 Å². The van der Waals surface area contributed by atoms with E-state index in [9.17, 15) is 9.59 Å². The van der Waals surface area contributed by atoms with Crippen molar-refractivity contribution < 1.29 is 14.3 Å². The van der Waals surface area contributed by atoms with Gasteiger partial charge in [0.25, 0.3) is 5.91 Å². The number of benzene rings is 2. The molecule has 3 rings (SSSR count). The predicted molar refractivity (Wildman–Crippen MR) is 120 cm³/mol. The van der Waals surface area contributed by atoms with E-state index in [1.807, 2.05) is 62.1 Å². The first-order valence-corrected chi connectivity index (χ1v) is 10.5. The first-order valence-electron chi connectivity index (χ1n) is 10.2. The summed E-state index contributed by atoms with van der Waals surface area (Å²) in [6.45, 7) is 8.39. The van der Waals surface area contributed by atoms with Crippen LogP contribution in [-0.4, -0.2) is 49.5 Å². The van der Waals surface area contributed by atoms with Crippen LogP contribution in [0.2, 0.25) is 5.02 Å². The van der Waals surface area contributed by atoms with Crippen LogP contribution in [0.15, 0.2) is 42.5 Å². The summed E-state index contributed by atoms with van der Waals surface area (Å²) in [7, 11) is 0. The van der Waals surface area contributed by atoms with Gasteiger partial charge in [0.05, 0.1) is 11.4 Å². The van der Waals surface area contributed by atoms with Gasteiger partial charge >= 0.3 is 0 Å². The minimum atomic E-state index is -0.254. The smallest absolute Gasteiger partial charge is 0.262 e. The number of piperazine rings is 1. The average molecular weight is 430 g/mol. The third-order valence-electron chi connectivity index (χ3n) is 5.11. The van der Waals surface area contributed by atoms with Crippen molar-refractivity contribution >= 4 is 34.8 Å². The Kier molecular flexibility index (Phi) is 7.21. The Morgan fingerprint density at radius 1 is 1.10 bits per heavy atom. The van der Waals surface area contributed by atoms with Crippen molar-refractivity contribution in [2.45, 2.75) is 20.8 Å². The van der Waals surface area contributed by atoms with E-state index < -0.39 is 0 Å². The van der Waals surface area contributed by atoms with Crippen molar-refractivity contribution in [3.63, 3.8) is 0 Å². The highest BCUT2D eigenvalue weighted by Gasteiger charge is 2.24. The highest BCUT2D eigenvalue weighted by Crippen LogP contribution is 2.30. The number of nitrogens with one attached hydrogen (secondary N) is 1. The van der Waals surface area contributed by atoms with Gasteiger partial charge in [-0.05, 0) is 36.8 Å². The number of nitrogens with zero attached hydrogens (tertiary/aromatic N) is 2. The van der Waals surface area contributed by atoms with Crippen LogP contribution in [-0.2, 0) is 9.59 Å². The molecule has 1 aliphatic heterocycles. The third kappa shape index (κ3) is 5.45. The van der Waals surface area contributed by atoms with Gasteiger partial charge in [0.2, 0.25) is 5.91 Å². The molecule has 30 heavy (non-hydrogen) atoms. The molecule has 0 radical (unpaired) electrons. The molecule has 6 nitrogen and oxygen atoms in total. The molecule has 0 unspecified atom stereocenters. The second kappa shape index (κ2) is 9.85. The summed E-state index contributed by atoms with van der Waals surface area (Å²) in [6, 6.07) is 13.0. The standard InChI is InChI=1S/C23H28ClN3O3/c1-16(2)23(29)27-12-10-26(11-13-27)20-9-8-18(24)14-19(20)25-22(28)15-30-21-7-5-4-6-17(21)3/h4-9,14,16H,10-13,15H2,1-3H3,(H,25,28). The summed E-state index contributed by atoms with van der Waals surface area (Å²) in [6.07, 6.45) is 0. The van der Waals surface area contributed by atoms with Gasteiger partial charge in [-0.2, -0.15) is 0 Å². The highest BCUT2D eigenvalue weighted by molar-refractivity contribution is 6.31. The van der Waals surface area contributed by atoms with E-state index in [1.165, 1.54) is 0 Å². The molecule has 1 fully saturated rings. The molecule has 1 aliphatic rings. The Balaban J connectivity index is 1.65. The van der Waals surface area contributed by atoms with Gasteiger partial charge in [-0.3, -0.25) is 9.59 Å². The van der Waals surface area contributed by atoms with Crippen LogP contribution in [0.5, 0.6) is 5.75 Å². The van der Waals surface area contributed by atoms with Gasteiger partial charge in [-0.25, -0.2) is 0 Å². The zero-order valence-electron chi connectivity index (χ0n) is 17.7. The van der Waals surface area contributed by atoms with Crippen molar-refractivity contribution in [2.75, 3.05) is 43.0 Å². The number of hydrogen-bond acceptors (Lipinski definition) is 4. The maximum Gasteiger partial charge on any atom is 0.262 e. The van der Waals surface area contributed by atoms with Gasteiger partial charge in [-0.15, -0.1) is 0 Å². The van der Waals surface area contributed by atoms with E-state index in [2.05, 4.69) is 10.2 Å². The van der Waals surface area contributed by atoms with Gasteiger partial charge in [0.15, 0.2) is 6.61 Å². The Hall–Kier alpha value is -2.73. The molecule has 1 heterocycles. The number of hydrogen-bond donors (Lipinski definition) is 1. The Morgan fingerprint density at radius 3 is 2.47 bits per heavy atom. The molecule has 0 aromatic heterocycles. The zero-order valence-corrected chi connectivity index (χ0v) is 18.4. The molecule has 160 valence electrons. The summed E-state index contributed by atoms with van der Waals surface area (Å²) in [5.74, 6) is 0.600. The molecule has 7 heteroatoms. The van der Waals surface area contributed by atoms with Crippen molar-refractivity contribution in [3.8, 4) is 5.75 Å². The number of halogens is 1. The third-order valence-corrected chi connectivity index (χ3v) is 5.35. The minimum Gasteiger partial charge on any atom is -0.483 e. The number of rotatable bonds is 6. The van der Waals surface area contributed by atoms with Gasteiger partial charge in [-0.1, -0.05) is 43.6 Å². The number of amides is 2. The molecule has 0 spiro atoms. The Labute approximate surface area is 182 Å². The summed E-state index contributed by atoms with van der Waals surface area (Å²) in [5.41, 5.74) is 2.51. The van der Waals surface area contributed by atoms with Crippen LogP contribution in [0, 0.1) is 12.8 Å². The number of anilines is 2. The number of carbonyl (C=O) groups excluding carboxylic acids is 2. The molecule has 2 aromatic rings. The van der Waals surface area contributed by atoms with Crippen LogP contribution in [0.4, 0.5) is 11.4 Å². The van der Waals surface area contributed by atoms with Crippen LogP contribution < -0.4 is 15.0 Å². The first kappa shape index (κ1) is 22.0. The molecular weight excluding hydrogens is 402 g/mol. The molecule has 2 amide bonds. The summed E-state index contributed by atoms with van der Waals surface area (Å²) >= 11 is 6.18. The second-order valence-electron chi connectivity index (χ2n) is 7.73. The van der Waals surface area contributed by atoms with Crippen molar-refractivity contribution in [1.82, 2.24) is 4.90 Å². The van der Waals surface area contributed by atoms with Gasteiger partial charge < -0.3 is 19.9 Å². The van der Waals surface area contributed by atoms with E-state index in [-0.39, 0.29) is 24.3 Å². The van der Waals surface area contributed by atoms with Crippen molar-refractivity contribution in [1.29, 1.82) is 0 Å². The fraction of sp³-hybridized carbons (Fsp3) is 0.391. The molecule has 0 atom stereocenters. The topological polar surface area (TPSA) is 61.9 Å². The fourth-order valence-electron chi connectivity index (χ4n) is 3.46. The number of ether oxygens (including phenoxy) is 1. The lowest BCUT2D eigenvalue weighted by molar-refractivity contribution is -0.134. The van der Waals surface area contributed by atoms with E-state index in [0.29, 0.717) is 42.6 Å². The molecular formula is C23H28ClN3O3. The van der Waals surface area contributed by atoms with Crippen LogP contribution in [0.1, 0.15) is 19.4 Å². The first-order chi connectivity index (χ1) is 14.3. The molecule has 2 aromatic carbocycles. The zero-order chi connectivity index (χ0) is 21.7. The van der Waals surface area contributed by atoms with Crippen LogP contribution in [0.25, 0.3) is 0 Å². The summed E-state index contributed by atoms with van der Waals surface area (Å²) in [5, 5.41) is 3.46. The minimum absolute atomic E-state index is 0.00446. The fourth-order valence-corrected chi connectivity index (χ4v) is 3.64. The second-order valence-corrected chi connectivity index (χ2v) is 8.17. The average Bonchev–Trinajstić information content (AvgIpc) is 2.73. The SMILES string of the molecule is Cc1ccccc1OCC(=O)Nc1cc(Cl)ccc1N1CCN(C(=O)C(C)C)CC1. The Bertz CT molecular complexity index is 908. The maximum atomic E-state index is 12.5. The maximum absolute atomic E-state index is 12.5. The van der Waals surface area contributed by atoms with Crippen molar-refractivity contribution in [3.05, 3.63) is 53.1 Å². The number of carbonyl (C=O) groups is 2. The van der Waals surface area contributed by atoms with E-state index in [1.54, 1.807) is 6.07 Å². The number of aryl methyl sites for hydroxylation is 1. The largest absolute Gasteiger partial charge is 0.483 e. The highest BCUT2D eigenvalue weighted by atomic mass is 35.5. The molecule has 1 N–H and O–H groups in total. The van der Waals surface area contributed by atoms with Gasteiger partial charge in [0.1, 0.15) is 5.75 Å². The lowest BCUT2D eigenvalue weighted by atomic mass is 10.1.